The van der Waals surface area contributed by atoms with Crippen LogP contribution in [0.3, 0.4) is 0 Å². The van der Waals surface area contributed by atoms with Crippen LogP contribution >= 0.6 is 0 Å². The summed E-state index contributed by atoms with van der Waals surface area (Å²) in [4.78, 5) is 20.1. The Balaban J connectivity index is 2.36. The summed E-state index contributed by atoms with van der Waals surface area (Å²) in [6.07, 6.45) is 1.36. The van der Waals surface area contributed by atoms with Crippen LogP contribution in [0.25, 0.3) is 0 Å². The van der Waals surface area contributed by atoms with Crippen molar-refractivity contribution in [3.8, 4) is 0 Å². The number of hydrazine groups is 1. The van der Waals surface area contributed by atoms with E-state index in [1.54, 1.807) is 7.11 Å². The smallest absolute Gasteiger partial charge is 0.254 e. The van der Waals surface area contributed by atoms with Gasteiger partial charge in [0.15, 0.2) is 0 Å². The van der Waals surface area contributed by atoms with Crippen molar-refractivity contribution in [2.24, 2.45) is 11.6 Å². The lowest BCUT2D eigenvalue weighted by molar-refractivity contribution is 0.100. The number of carbonyl (C=O) groups is 1. The van der Waals surface area contributed by atoms with Gasteiger partial charge >= 0.3 is 0 Å². The highest BCUT2D eigenvalue weighted by Gasteiger charge is 2.18. The van der Waals surface area contributed by atoms with E-state index in [0.717, 1.165) is 11.3 Å². The van der Waals surface area contributed by atoms with Crippen LogP contribution in [0.1, 0.15) is 22.8 Å². The molecule has 0 fully saturated rings. The van der Waals surface area contributed by atoms with Crippen LogP contribution in [0, 0.1) is 6.92 Å². The Morgan fingerprint density at radius 1 is 1.46 bits per heavy atom. The summed E-state index contributed by atoms with van der Waals surface area (Å²) in [5.74, 6) is 5.97. The monoisotopic (exact) mass is 330 g/mol. The summed E-state index contributed by atoms with van der Waals surface area (Å²) < 4.78 is 5.08. The highest BCUT2D eigenvalue weighted by atomic mass is 16.5. The topological polar surface area (TPSA) is 119 Å². The quantitative estimate of drug-likeness (QED) is 0.517. The molecule has 24 heavy (non-hydrogen) atoms. The number of nitrogens with one attached hydrogen (secondary N) is 1. The summed E-state index contributed by atoms with van der Waals surface area (Å²) in [7, 11) is 1.59. The van der Waals surface area contributed by atoms with Crippen LogP contribution < -0.4 is 21.9 Å². The molecule has 1 aromatic carbocycles. The molecule has 1 atom stereocenters. The first kappa shape index (κ1) is 17.6. The third-order valence-electron chi connectivity index (χ3n) is 3.44. The SMILES string of the molecule is COCC(C)N(N)c1ncc(C(N)=O)c(Nc2cccc(C)c2)n1. The number of methoxy groups -OCH3 is 1. The Bertz CT molecular complexity index is 721. The highest BCUT2D eigenvalue weighted by molar-refractivity contribution is 5.98. The summed E-state index contributed by atoms with van der Waals surface area (Å²) in [5, 5.41) is 4.48. The largest absolute Gasteiger partial charge is 0.382 e. The van der Waals surface area contributed by atoms with Gasteiger partial charge in [-0.05, 0) is 31.5 Å². The number of nitrogens with two attached hydrogens (primary N) is 2. The molecule has 1 unspecified atom stereocenters. The average Bonchev–Trinajstić information content (AvgIpc) is 2.54. The number of anilines is 3. The van der Waals surface area contributed by atoms with Crippen LogP contribution in [0.5, 0.6) is 0 Å². The van der Waals surface area contributed by atoms with Crippen molar-refractivity contribution in [2.75, 3.05) is 24.0 Å². The van der Waals surface area contributed by atoms with Gasteiger partial charge in [0, 0.05) is 19.0 Å². The first-order valence-electron chi connectivity index (χ1n) is 7.45. The fourth-order valence-corrected chi connectivity index (χ4v) is 2.15. The van der Waals surface area contributed by atoms with Gasteiger partial charge in [-0.1, -0.05) is 12.1 Å². The standard InChI is InChI=1S/C16H22N6O2/c1-10-5-4-6-12(7-10)20-15-13(14(17)23)8-19-16(21-15)22(18)11(2)9-24-3/h4-8,11H,9,18H2,1-3H3,(H2,17,23)(H,19,20,21). The number of benzene rings is 1. The molecular weight excluding hydrogens is 308 g/mol. The van der Waals surface area contributed by atoms with Crippen molar-refractivity contribution in [1.82, 2.24) is 9.97 Å². The zero-order valence-corrected chi connectivity index (χ0v) is 14.0. The van der Waals surface area contributed by atoms with Gasteiger partial charge in [0.2, 0.25) is 5.95 Å². The Morgan fingerprint density at radius 3 is 2.83 bits per heavy atom. The lowest BCUT2D eigenvalue weighted by atomic mass is 10.2. The van der Waals surface area contributed by atoms with Crippen LogP contribution in [-0.2, 0) is 4.74 Å². The second-order valence-corrected chi connectivity index (χ2v) is 5.50. The Kier molecular flexibility index (Phi) is 5.67. The Labute approximate surface area is 140 Å². The summed E-state index contributed by atoms with van der Waals surface area (Å²) in [5.41, 5.74) is 7.46. The number of hydrogen-bond donors (Lipinski definition) is 3. The number of carbonyl (C=O) groups excluding carboxylic acids is 1. The molecule has 1 heterocycles. The molecule has 0 saturated carbocycles. The molecule has 2 aromatic rings. The van der Waals surface area contributed by atoms with Crippen molar-refractivity contribution in [2.45, 2.75) is 19.9 Å². The molecule has 1 aromatic heterocycles. The van der Waals surface area contributed by atoms with E-state index in [1.807, 2.05) is 38.1 Å². The molecule has 0 aliphatic carbocycles. The predicted molar refractivity (Wildman–Crippen MR) is 93.0 cm³/mol. The Morgan fingerprint density at radius 2 is 2.21 bits per heavy atom. The van der Waals surface area contributed by atoms with E-state index in [4.69, 9.17) is 16.3 Å². The fourth-order valence-electron chi connectivity index (χ4n) is 2.15. The normalized spacial score (nSPS) is 11.8. The molecule has 8 heteroatoms. The van der Waals surface area contributed by atoms with Crippen molar-refractivity contribution >= 4 is 23.4 Å². The molecule has 0 bridgehead atoms. The lowest BCUT2D eigenvalue weighted by Gasteiger charge is -2.24. The summed E-state index contributed by atoms with van der Waals surface area (Å²) >= 11 is 0. The lowest BCUT2D eigenvalue weighted by Crippen LogP contribution is -2.43. The van der Waals surface area contributed by atoms with Gasteiger partial charge in [0.05, 0.1) is 12.6 Å². The zero-order chi connectivity index (χ0) is 17.7. The molecule has 8 nitrogen and oxygen atoms in total. The minimum Gasteiger partial charge on any atom is -0.382 e. The number of aryl methyl sites for hydroxylation is 1. The third-order valence-corrected chi connectivity index (χ3v) is 3.44. The third kappa shape index (κ3) is 4.18. The molecule has 128 valence electrons. The van der Waals surface area contributed by atoms with Gasteiger partial charge in [-0.15, -0.1) is 0 Å². The van der Waals surface area contributed by atoms with Gasteiger partial charge in [0.25, 0.3) is 5.91 Å². The number of aromatic nitrogens is 2. The van der Waals surface area contributed by atoms with Gasteiger partial charge in [0.1, 0.15) is 11.4 Å². The number of ether oxygens (including phenoxy) is 1. The molecule has 0 spiro atoms. The van der Waals surface area contributed by atoms with E-state index in [1.165, 1.54) is 11.2 Å². The van der Waals surface area contributed by atoms with Crippen molar-refractivity contribution in [3.05, 3.63) is 41.6 Å². The van der Waals surface area contributed by atoms with E-state index in [0.29, 0.717) is 12.4 Å². The maximum Gasteiger partial charge on any atom is 0.254 e. The molecule has 2 rings (SSSR count). The van der Waals surface area contributed by atoms with Crippen LogP contribution in [-0.4, -0.2) is 35.6 Å². The molecular formula is C16H22N6O2. The van der Waals surface area contributed by atoms with Gasteiger partial charge < -0.3 is 15.8 Å². The van der Waals surface area contributed by atoms with Gasteiger partial charge in [-0.3, -0.25) is 9.80 Å². The van der Waals surface area contributed by atoms with E-state index in [-0.39, 0.29) is 17.6 Å². The molecule has 0 radical (unpaired) electrons. The van der Waals surface area contributed by atoms with E-state index in [2.05, 4.69) is 15.3 Å². The zero-order valence-electron chi connectivity index (χ0n) is 14.0. The van der Waals surface area contributed by atoms with Crippen molar-refractivity contribution in [1.29, 1.82) is 0 Å². The fraction of sp³-hybridized carbons (Fsp3) is 0.312. The number of rotatable bonds is 7. The predicted octanol–water partition coefficient (Wildman–Crippen LogP) is 1.34. The van der Waals surface area contributed by atoms with Gasteiger partial charge in [-0.25, -0.2) is 10.8 Å². The van der Waals surface area contributed by atoms with E-state index in [9.17, 15) is 4.79 Å². The van der Waals surface area contributed by atoms with E-state index >= 15 is 0 Å². The molecule has 0 aliphatic rings. The van der Waals surface area contributed by atoms with Crippen molar-refractivity contribution < 1.29 is 9.53 Å². The molecule has 5 N–H and O–H groups in total. The molecule has 0 saturated heterocycles. The highest BCUT2D eigenvalue weighted by Crippen LogP contribution is 2.21. The number of nitrogens with zero attached hydrogens (tertiary/aromatic N) is 3. The number of primary amides is 1. The summed E-state index contributed by atoms with van der Waals surface area (Å²) in [6.45, 7) is 4.26. The maximum absolute atomic E-state index is 11.6. The summed E-state index contributed by atoms with van der Waals surface area (Å²) in [6, 6.07) is 7.54. The van der Waals surface area contributed by atoms with Crippen LogP contribution in [0.15, 0.2) is 30.5 Å². The van der Waals surface area contributed by atoms with Crippen LogP contribution in [0.2, 0.25) is 0 Å². The Hall–Kier alpha value is -2.71. The second kappa shape index (κ2) is 7.71. The minimum absolute atomic E-state index is 0.138. The molecule has 0 aliphatic heterocycles. The van der Waals surface area contributed by atoms with E-state index < -0.39 is 5.91 Å². The van der Waals surface area contributed by atoms with Crippen LogP contribution in [0.4, 0.5) is 17.5 Å². The first-order valence-corrected chi connectivity index (χ1v) is 7.45. The molecule has 1 amide bonds. The second-order valence-electron chi connectivity index (χ2n) is 5.50. The maximum atomic E-state index is 11.6. The van der Waals surface area contributed by atoms with Gasteiger partial charge in [-0.2, -0.15) is 4.98 Å². The number of hydrogen-bond acceptors (Lipinski definition) is 7. The minimum atomic E-state index is -0.620. The average molecular weight is 330 g/mol. The first-order chi connectivity index (χ1) is 11.4. The van der Waals surface area contributed by atoms with Crippen molar-refractivity contribution in [3.63, 3.8) is 0 Å². The number of amides is 1.